The number of hydrogen-bond donors (Lipinski definition) is 0. The van der Waals surface area contributed by atoms with Crippen molar-refractivity contribution in [2.24, 2.45) is 0 Å². The molecule has 0 aliphatic carbocycles. The third-order valence-electron chi connectivity index (χ3n) is 5.08. The Morgan fingerprint density at radius 1 is 0.963 bits per heavy atom. The van der Waals surface area contributed by atoms with Gasteiger partial charge in [-0.15, -0.1) is 0 Å². The maximum absolute atomic E-state index is 12.8. The summed E-state index contributed by atoms with van der Waals surface area (Å²) in [6, 6.07) is 13.9. The van der Waals surface area contributed by atoms with Crippen LogP contribution in [0.4, 0.5) is 10.5 Å². The van der Waals surface area contributed by atoms with Crippen LogP contribution in [0.15, 0.2) is 54.7 Å². The molecular formula is C20H20N4O3. The van der Waals surface area contributed by atoms with Crippen LogP contribution in [0.1, 0.15) is 23.3 Å². The lowest BCUT2D eigenvalue weighted by molar-refractivity contribution is -0.116. The molecule has 2 aliphatic heterocycles. The van der Waals surface area contributed by atoms with Gasteiger partial charge in [0.2, 0.25) is 0 Å². The van der Waals surface area contributed by atoms with Crippen LogP contribution < -0.4 is 4.90 Å². The van der Waals surface area contributed by atoms with Crippen molar-refractivity contribution in [2.45, 2.75) is 18.9 Å². The topological polar surface area (TPSA) is 73.8 Å². The van der Waals surface area contributed by atoms with Gasteiger partial charge in [-0.1, -0.05) is 24.3 Å². The van der Waals surface area contributed by atoms with Gasteiger partial charge in [-0.2, -0.15) is 0 Å². The Bertz CT molecular complexity index is 848. The van der Waals surface area contributed by atoms with Crippen LogP contribution in [-0.2, 0) is 4.79 Å². The Balaban J connectivity index is 1.41. The number of likely N-dealkylation sites (tertiary alicyclic amines) is 1. The molecule has 3 heterocycles. The minimum absolute atomic E-state index is 0.0389. The summed E-state index contributed by atoms with van der Waals surface area (Å²) in [6.45, 7) is 1.18. The number of hydrogen-bond acceptors (Lipinski definition) is 4. The second-order valence-electron chi connectivity index (χ2n) is 6.71. The smallest absolute Gasteiger partial charge is 0.332 e. The summed E-state index contributed by atoms with van der Waals surface area (Å²) in [7, 11) is 0. The molecular weight excluding hydrogens is 344 g/mol. The zero-order valence-corrected chi connectivity index (χ0v) is 14.8. The molecule has 4 rings (SSSR count). The van der Waals surface area contributed by atoms with Gasteiger partial charge in [-0.3, -0.25) is 14.6 Å². The maximum atomic E-state index is 12.8. The van der Waals surface area contributed by atoms with Gasteiger partial charge in [0, 0.05) is 25.3 Å². The van der Waals surface area contributed by atoms with E-state index in [2.05, 4.69) is 4.98 Å². The number of carbonyl (C=O) groups excluding carboxylic acids is 3. The molecule has 2 aromatic rings. The first-order valence-electron chi connectivity index (χ1n) is 9.04. The van der Waals surface area contributed by atoms with Crippen LogP contribution >= 0.6 is 0 Å². The van der Waals surface area contributed by atoms with Crippen molar-refractivity contribution in [2.75, 3.05) is 24.5 Å². The van der Waals surface area contributed by atoms with E-state index in [1.807, 2.05) is 6.07 Å². The van der Waals surface area contributed by atoms with Gasteiger partial charge >= 0.3 is 6.03 Å². The Morgan fingerprint density at radius 3 is 2.33 bits per heavy atom. The molecule has 0 radical (unpaired) electrons. The van der Waals surface area contributed by atoms with Gasteiger partial charge in [0.15, 0.2) is 0 Å². The molecule has 7 heteroatoms. The first-order valence-corrected chi connectivity index (χ1v) is 9.04. The third kappa shape index (κ3) is 3.28. The average Bonchev–Trinajstić information content (AvgIpc) is 3.03. The van der Waals surface area contributed by atoms with Gasteiger partial charge in [0.25, 0.3) is 11.8 Å². The lowest BCUT2D eigenvalue weighted by Gasteiger charge is -2.36. The van der Waals surface area contributed by atoms with Crippen molar-refractivity contribution in [1.82, 2.24) is 14.8 Å². The van der Waals surface area contributed by atoms with Crippen molar-refractivity contribution >= 4 is 23.5 Å². The van der Waals surface area contributed by atoms with Gasteiger partial charge < -0.3 is 9.80 Å². The second-order valence-corrected chi connectivity index (χ2v) is 6.71. The summed E-state index contributed by atoms with van der Waals surface area (Å²) in [4.78, 5) is 46.4. The molecule has 1 aromatic carbocycles. The Labute approximate surface area is 157 Å². The largest absolute Gasteiger partial charge is 0.337 e. The maximum Gasteiger partial charge on any atom is 0.332 e. The first kappa shape index (κ1) is 17.2. The quantitative estimate of drug-likeness (QED) is 0.783. The number of urea groups is 1. The zero-order chi connectivity index (χ0) is 18.8. The van der Waals surface area contributed by atoms with Crippen molar-refractivity contribution in [3.8, 4) is 0 Å². The number of carbonyl (C=O) groups is 3. The Hall–Kier alpha value is -3.22. The van der Waals surface area contributed by atoms with Crippen LogP contribution in [0.2, 0.25) is 0 Å². The number of para-hydroxylation sites is 1. The van der Waals surface area contributed by atoms with Crippen LogP contribution in [-0.4, -0.2) is 58.3 Å². The van der Waals surface area contributed by atoms with E-state index < -0.39 is 0 Å². The van der Waals surface area contributed by atoms with E-state index >= 15 is 0 Å². The molecule has 138 valence electrons. The highest BCUT2D eigenvalue weighted by Crippen LogP contribution is 2.26. The molecule has 0 bridgehead atoms. The fourth-order valence-corrected chi connectivity index (χ4v) is 3.67. The third-order valence-corrected chi connectivity index (χ3v) is 5.08. The van der Waals surface area contributed by atoms with Crippen LogP contribution in [0.25, 0.3) is 0 Å². The monoisotopic (exact) mass is 364 g/mol. The van der Waals surface area contributed by atoms with Crippen molar-refractivity contribution in [3.63, 3.8) is 0 Å². The highest BCUT2D eigenvalue weighted by Gasteiger charge is 2.41. The molecule has 0 N–H and O–H groups in total. The SMILES string of the molecule is O=C(c1ccccn1)N1CCC(N2CC(=O)N(c3ccccc3)C2=O)CC1. The second kappa shape index (κ2) is 7.19. The number of benzene rings is 1. The first-order chi connectivity index (χ1) is 13.1. The molecule has 0 saturated carbocycles. The number of imide groups is 1. The fraction of sp³-hybridized carbons (Fsp3) is 0.300. The molecule has 0 spiro atoms. The summed E-state index contributed by atoms with van der Waals surface area (Å²) in [5.74, 6) is -0.304. The van der Waals surface area contributed by atoms with E-state index in [-0.39, 0.29) is 30.4 Å². The molecule has 27 heavy (non-hydrogen) atoms. The highest BCUT2D eigenvalue weighted by molar-refractivity contribution is 6.19. The molecule has 2 aliphatic rings. The fourth-order valence-electron chi connectivity index (χ4n) is 3.67. The lowest BCUT2D eigenvalue weighted by atomic mass is 10.0. The number of amides is 4. The number of piperidine rings is 1. The highest BCUT2D eigenvalue weighted by atomic mass is 16.2. The minimum atomic E-state index is -0.277. The van der Waals surface area contributed by atoms with Crippen molar-refractivity contribution < 1.29 is 14.4 Å². The molecule has 7 nitrogen and oxygen atoms in total. The minimum Gasteiger partial charge on any atom is -0.337 e. The van der Waals surface area contributed by atoms with Gasteiger partial charge in [-0.05, 0) is 37.1 Å². The number of rotatable bonds is 3. The van der Waals surface area contributed by atoms with E-state index in [1.54, 1.807) is 58.5 Å². The lowest BCUT2D eigenvalue weighted by Crippen LogP contribution is -2.48. The van der Waals surface area contributed by atoms with E-state index in [0.717, 1.165) is 0 Å². The molecule has 1 aromatic heterocycles. The van der Waals surface area contributed by atoms with Crippen LogP contribution in [0.3, 0.4) is 0 Å². The number of anilines is 1. The number of aromatic nitrogens is 1. The normalized spacial score (nSPS) is 18.3. The van der Waals surface area contributed by atoms with Gasteiger partial charge in [0.05, 0.1) is 5.69 Å². The molecule has 0 unspecified atom stereocenters. The summed E-state index contributed by atoms with van der Waals surface area (Å²) in [6.07, 6.45) is 2.91. The van der Waals surface area contributed by atoms with Gasteiger partial charge in [0.1, 0.15) is 12.2 Å². The molecule has 4 amide bonds. The van der Waals surface area contributed by atoms with Crippen LogP contribution in [0.5, 0.6) is 0 Å². The predicted molar refractivity (Wildman–Crippen MR) is 99.2 cm³/mol. The van der Waals surface area contributed by atoms with E-state index in [9.17, 15) is 14.4 Å². The summed E-state index contributed by atoms with van der Waals surface area (Å²) < 4.78 is 0. The number of nitrogens with zero attached hydrogens (tertiary/aromatic N) is 4. The average molecular weight is 364 g/mol. The molecule has 2 saturated heterocycles. The van der Waals surface area contributed by atoms with E-state index in [0.29, 0.717) is 37.3 Å². The number of pyridine rings is 1. The predicted octanol–water partition coefficient (Wildman–Crippen LogP) is 2.16. The summed E-state index contributed by atoms with van der Waals surface area (Å²) in [5.41, 5.74) is 1.02. The molecule has 0 atom stereocenters. The van der Waals surface area contributed by atoms with Gasteiger partial charge in [-0.25, -0.2) is 9.69 Å². The summed E-state index contributed by atoms with van der Waals surface area (Å²) in [5, 5.41) is 0. The van der Waals surface area contributed by atoms with Crippen molar-refractivity contribution in [3.05, 3.63) is 60.4 Å². The molecule has 2 fully saturated rings. The van der Waals surface area contributed by atoms with E-state index in [1.165, 1.54) is 4.90 Å². The van der Waals surface area contributed by atoms with Crippen LogP contribution in [0, 0.1) is 0 Å². The standard InChI is InChI=1S/C20H20N4O3/c25-18-14-23(20(27)24(18)16-6-2-1-3-7-16)15-9-12-22(13-10-15)19(26)17-8-4-5-11-21-17/h1-8,11,15H,9-10,12-14H2. The Morgan fingerprint density at radius 2 is 1.67 bits per heavy atom. The van der Waals surface area contributed by atoms with E-state index in [4.69, 9.17) is 0 Å². The Kier molecular flexibility index (Phi) is 4.58. The summed E-state index contributed by atoms with van der Waals surface area (Å²) >= 11 is 0. The van der Waals surface area contributed by atoms with Crippen molar-refractivity contribution in [1.29, 1.82) is 0 Å². The zero-order valence-electron chi connectivity index (χ0n) is 14.8.